The van der Waals surface area contributed by atoms with E-state index in [-0.39, 0.29) is 18.9 Å². The summed E-state index contributed by atoms with van der Waals surface area (Å²) in [5.74, 6) is 1.09. The second-order valence-corrected chi connectivity index (χ2v) is 3.39. The summed E-state index contributed by atoms with van der Waals surface area (Å²) in [7, 11) is 0. The first-order valence-electron chi connectivity index (χ1n) is 3.86. The Morgan fingerprint density at radius 2 is 2.00 bits per heavy atom. The number of hydrogen-bond donors (Lipinski definition) is 3. The van der Waals surface area contributed by atoms with Gasteiger partial charge in [-0.25, -0.2) is 0 Å². The molecule has 58 valence electrons. The van der Waals surface area contributed by atoms with Crippen LogP contribution in [0.3, 0.4) is 0 Å². The fourth-order valence-electron chi connectivity index (χ4n) is 1.99. The normalized spacial score (nSPS) is 52.2. The van der Waals surface area contributed by atoms with E-state index in [1.54, 1.807) is 0 Å². The van der Waals surface area contributed by atoms with Gasteiger partial charge in [0, 0.05) is 6.04 Å². The van der Waals surface area contributed by atoms with Gasteiger partial charge in [0.1, 0.15) is 6.23 Å². The molecule has 2 atom stereocenters. The van der Waals surface area contributed by atoms with Crippen molar-refractivity contribution in [3.63, 3.8) is 0 Å². The summed E-state index contributed by atoms with van der Waals surface area (Å²) >= 11 is 0. The molecule has 3 N–H and O–H groups in total. The largest absolute Gasteiger partial charge is 0.395 e. The fourth-order valence-corrected chi connectivity index (χ4v) is 1.99. The van der Waals surface area contributed by atoms with Crippen LogP contribution in [-0.2, 0) is 0 Å². The zero-order valence-electron chi connectivity index (χ0n) is 5.83. The molecule has 1 aliphatic carbocycles. The molecule has 0 aromatic carbocycles. The summed E-state index contributed by atoms with van der Waals surface area (Å²) in [5.41, 5.74) is 0. The first-order valence-corrected chi connectivity index (χ1v) is 3.86. The molecule has 3 fully saturated rings. The number of fused-ring (bicyclic) bond motifs is 2. The lowest BCUT2D eigenvalue weighted by Gasteiger charge is -2.49. The molecule has 3 nitrogen and oxygen atoms in total. The third-order valence-electron chi connectivity index (χ3n) is 2.81. The van der Waals surface area contributed by atoms with E-state index < -0.39 is 0 Å². The number of aliphatic hydroxyl groups excluding tert-OH is 2. The fraction of sp³-hybridized carbons (Fsp3) is 1.00. The van der Waals surface area contributed by atoms with E-state index in [0.29, 0.717) is 11.8 Å². The molecule has 1 saturated carbocycles. The molecule has 2 heterocycles. The van der Waals surface area contributed by atoms with E-state index in [1.807, 2.05) is 0 Å². The van der Waals surface area contributed by atoms with Crippen molar-refractivity contribution in [2.24, 2.45) is 11.8 Å². The average molecular weight is 143 g/mol. The molecular formula is C7H13NO2. The van der Waals surface area contributed by atoms with Crippen LogP contribution >= 0.6 is 0 Å². The van der Waals surface area contributed by atoms with E-state index in [0.717, 1.165) is 12.8 Å². The predicted octanol–water partition coefficient (Wildman–Crippen LogP) is -0.705. The van der Waals surface area contributed by atoms with Crippen LogP contribution in [0, 0.1) is 11.8 Å². The zero-order valence-corrected chi connectivity index (χ0v) is 5.83. The molecule has 2 aliphatic heterocycles. The molecule has 2 bridgehead atoms. The van der Waals surface area contributed by atoms with Crippen molar-refractivity contribution in [2.75, 3.05) is 6.61 Å². The van der Waals surface area contributed by atoms with Gasteiger partial charge >= 0.3 is 0 Å². The molecule has 2 unspecified atom stereocenters. The van der Waals surface area contributed by atoms with Crippen LogP contribution < -0.4 is 5.32 Å². The number of rotatable bonds is 1. The van der Waals surface area contributed by atoms with Crippen molar-refractivity contribution < 1.29 is 10.2 Å². The van der Waals surface area contributed by atoms with Crippen molar-refractivity contribution in [2.45, 2.75) is 25.1 Å². The van der Waals surface area contributed by atoms with Crippen LogP contribution in [0.1, 0.15) is 12.8 Å². The molecular weight excluding hydrogens is 130 g/mol. The Labute approximate surface area is 60.1 Å². The van der Waals surface area contributed by atoms with Gasteiger partial charge in [0.15, 0.2) is 0 Å². The second kappa shape index (κ2) is 2.19. The van der Waals surface area contributed by atoms with Gasteiger partial charge in [0.2, 0.25) is 0 Å². The number of piperidine rings is 2. The monoisotopic (exact) mass is 143 g/mol. The van der Waals surface area contributed by atoms with E-state index in [9.17, 15) is 5.11 Å². The highest BCUT2D eigenvalue weighted by Gasteiger charge is 2.44. The number of aliphatic hydroxyl groups is 2. The van der Waals surface area contributed by atoms with Crippen LogP contribution in [0.2, 0.25) is 0 Å². The van der Waals surface area contributed by atoms with Gasteiger partial charge < -0.3 is 10.2 Å². The number of nitrogens with one attached hydrogen (secondary N) is 1. The highest BCUT2D eigenvalue weighted by atomic mass is 16.3. The van der Waals surface area contributed by atoms with Crippen molar-refractivity contribution in [1.82, 2.24) is 5.32 Å². The van der Waals surface area contributed by atoms with E-state index >= 15 is 0 Å². The lowest BCUT2D eigenvalue weighted by molar-refractivity contribution is -0.0789. The smallest absolute Gasteiger partial charge is 0.108 e. The Morgan fingerprint density at radius 3 is 2.40 bits per heavy atom. The maximum atomic E-state index is 9.29. The standard InChI is InChI=1S/C7H13NO2/c9-3-6-4-1-5(2-4)7(10)8-6/h4-10H,1-3H2. The first kappa shape index (κ1) is 6.58. The van der Waals surface area contributed by atoms with E-state index in [4.69, 9.17) is 5.11 Å². The van der Waals surface area contributed by atoms with Gasteiger partial charge in [-0.2, -0.15) is 0 Å². The van der Waals surface area contributed by atoms with Crippen LogP contribution in [0.4, 0.5) is 0 Å². The molecule has 0 spiro atoms. The van der Waals surface area contributed by atoms with E-state index in [2.05, 4.69) is 5.32 Å². The Balaban J connectivity index is 1.99. The summed E-state index contributed by atoms with van der Waals surface area (Å²) < 4.78 is 0. The van der Waals surface area contributed by atoms with Crippen molar-refractivity contribution in [3.05, 3.63) is 0 Å². The summed E-state index contributed by atoms with van der Waals surface area (Å²) in [6.45, 7) is 0.161. The van der Waals surface area contributed by atoms with Crippen LogP contribution in [0.5, 0.6) is 0 Å². The van der Waals surface area contributed by atoms with Gasteiger partial charge in [-0.3, -0.25) is 5.32 Å². The van der Waals surface area contributed by atoms with Crippen LogP contribution in [-0.4, -0.2) is 29.1 Å². The number of hydrogen-bond acceptors (Lipinski definition) is 3. The molecule has 10 heavy (non-hydrogen) atoms. The highest BCUT2D eigenvalue weighted by molar-refractivity contribution is 4.96. The first-order chi connectivity index (χ1) is 4.81. The molecule has 2 saturated heterocycles. The van der Waals surface area contributed by atoms with Gasteiger partial charge in [-0.15, -0.1) is 0 Å². The molecule has 0 aromatic rings. The maximum Gasteiger partial charge on any atom is 0.108 e. The third-order valence-corrected chi connectivity index (χ3v) is 2.81. The predicted molar refractivity (Wildman–Crippen MR) is 36.2 cm³/mol. The summed E-state index contributed by atoms with van der Waals surface area (Å²) in [6.07, 6.45) is 1.83. The highest BCUT2D eigenvalue weighted by Crippen LogP contribution is 2.41. The molecule has 3 aliphatic rings. The van der Waals surface area contributed by atoms with Gasteiger partial charge in [0.05, 0.1) is 6.61 Å². The topological polar surface area (TPSA) is 52.5 Å². The Morgan fingerprint density at radius 1 is 1.30 bits per heavy atom. The van der Waals surface area contributed by atoms with E-state index in [1.165, 1.54) is 0 Å². The van der Waals surface area contributed by atoms with Crippen molar-refractivity contribution in [3.8, 4) is 0 Å². The molecule has 0 radical (unpaired) electrons. The minimum Gasteiger partial charge on any atom is -0.395 e. The maximum absolute atomic E-state index is 9.29. The minimum absolute atomic E-state index is 0.153. The third kappa shape index (κ3) is 0.779. The average Bonchev–Trinajstić information content (AvgIpc) is 1.84. The molecule has 3 rings (SSSR count). The lowest BCUT2D eigenvalue weighted by atomic mass is 9.67. The molecule has 3 heteroatoms. The van der Waals surface area contributed by atoms with Crippen molar-refractivity contribution >= 4 is 0 Å². The van der Waals surface area contributed by atoms with Crippen LogP contribution in [0.15, 0.2) is 0 Å². The molecule has 0 amide bonds. The molecule has 0 aromatic heterocycles. The van der Waals surface area contributed by atoms with Gasteiger partial charge in [-0.05, 0) is 24.7 Å². The Bertz CT molecular complexity index is 134. The van der Waals surface area contributed by atoms with Gasteiger partial charge in [-0.1, -0.05) is 0 Å². The zero-order chi connectivity index (χ0) is 7.14. The van der Waals surface area contributed by atoms with Crippen molar-refractivity contribution in [1.29, 1.82) is 0 Å². The summed E-state index contributed by atoms with van der Waals surface area (Å²) in [5, 5.41) is 21.1. The van der Waals surface area contributed by atoms with Crippen LogP contribution in [0.25, 0.3) is 0 Å². The Hall–Kier alpha value is -0.120. The second-order valence-electron chi connectivity index (χ2n) is 3.39. The Kier molecular flexibility index (Phi) is 1.44. The minimum atomic E-state index is -0.359. The SMILES string of the molecule is OCC1NC(O)C2CC1C2. The lowest BCUT2D eigenvalue weighted by Crippen LogP contribution is -2.60. The summed E-state index contributed by atoms with van der Waals surface area (Å²) in [4.78, 5) is 0. The quantitative estimate of drug-likeness (QED) is 0.455. The van der Waals surface area contributed by atoms with Gasteiger partial charge in [0.25, 0.3) is 0 Å². The summed E-state index contributed by atoms with van der Waals surface area (Å²) in [6, 6.07) is 0.153.